The molecule has 2 heterocycles. The quantitative estimate of drug-likeness (QED) is 0.657. The van der Waals surface area contributed by atoms with Crippen molar-refractivity contribution in [3.63, 3.8) is 0 Å². The Kier molecular flexibility index (Phi) is 5.13. The van der Waals surface area contributed by atoms with Crippen LogP contribution in [0.3, 0.4) is 0 Å². The largest absolute Gasteiger partial charge is 0.459 e. The minimum atomic E-state index is 0.491. The summed E-state index contributed by atoms with van der Waals surface area (Å²) in [4.78, 5) is 4.35. The van der Waals surface area contributed by atoms with E-state index < -0.39 is 0 Å². The van der Waals surface area contributed by atoms with Crippen LogP contribution in [0.25, 0.3) is 11.3 Å². The van der Waals surface area contributed by atoms with Gasteiger partial charge in [0.25, 0.3) is 0 Å². The minimum Gasteiger partial charge on any atom is -0.459 e. The number of rotatable bonds is 4. The third-order valence-corrected chi connectivity index (χ3v) is 3.84. The molecular weight excluding hydrogens is 342 g/mol. The molecule has 3 aromatic rings. The van der Waals surface area contributed by atoms with Crippen LogP contribution in [-0.2, 0) is 6.54 Å². The number of benzene rings is 1. The number of pyridine rings is 1. The number of nitrogens with one attached hydrogen (secondary N) is 2. The average Bonchev–Trinajstić information content (AvgIpc) is 3.03. The van der Waals surface area contributed by atoms with Gasteiger partial charge < -0.3 is 15.1 Å². The second-order valence-electron chi connectivity index (χ2n) is 5.24. The topological polar surface area (TPSA) is 50.1 Å². The zero-order chi connectivity index (χ0) is 16.9. The Morgan fingerprint density at radius 3 is 2.67 bits per heavy atom. The summed E-state index contributed by atoms with van der Waals surface area (Å²) < 4.78 is 5.82. The Hall–Kier alpha value is -2.37. The van der Waals surface area contributed by atoms with Crippen LogP contribution >= 0.6 is 23.8 Å². The highest BCUT2D eigenvalue weighted by atomic mass is 35.5. The highest BCUT2D eigenvalue weighted by Gasteiger charge is 2.06. The van der Waals surface area contributed by atoms with Gasteiger partial charge in [-0.3, -0.25) is 0 Å². The number of halogens is 1. The van der Waals surface area contributed by atoms with Crippen LogP contribution < -0.4 is 10.6 Å². The highest BCUT2D eigenvalue weighted by Crippen LogP contribution is 2.23. The van der Waals surface area contributed by atoms with Crippen LogP contribution in [0, 0.1) is 6.92 Å². The summed E-state index contributed by atoms with van der Waals surface area (Å²) in [6.45, 7) is 2.42. The van der Waals surface area contributed by atoms with E-state index in [1.807, 2.05) is 61.5 Å². The molecule has 0 radical (unpaired) electrons. The van der Waals surface area contributed by atoms with E-state index in [0.717, 1.165) is 22.8 Å². The third-order valence-electron chi connectivity index (χ3n) is 3.34. The Morgan fingerprint density at radius 1 is 1.12 bits per heavy atom. The highest BCUT2D eigenvalue weighted by molar-refractivity contribution is 7.80. The van der Waals surface area contributed by atoms with Crippen molar-refractivity contribution in [2.24, 2.45) is 0 Å². The van der Waals surface area contributed by atoms with Crippen molar-refractivity contribution in [3.05, 3.63) is 71.1 Å². The normalized spacial score (nSPS) is 10.4. The van der Waals surface area contributed by atoms with Gasteiger partial charge in [-0.2, -0.15) is 0 Å². The van der Waals surface area contributed by atoms with Gasteiger partial charge in [0, 0.05) is 16.3 Å². The monoisotopic (exact) mass is 357 g/mol. The van der Waals surface area contributed by atoms with Gasteiger partial charge in [0.05, 0.1) is 6.54 Å². The van der Waals surface area contributed by atoms with Crippen LogP contribution in [0.15, 0.2) is 59.0 Å². The van der Waals surface area contributed by atoms with E-state index in [9.17, 15) is 0 Å². The maximum atomic E-state index is 5.90. The number of thiocarbonyl (C=S) groups is 1. The smallest absolute Gasteiger partial charge is 0.172 e. The van der Waals surface area contributed by atoms with Crippen molar-refractivity contribution in [1.29, 1.82) is 0 Å². The predicted octanol–water partition coefficient (Wildman–Crippen LogP) is 4.79. The van der Waals surface area contributed by atoms with E-state index in [0.29, 0.717) is 22.5 Å². The number of hydrogen-bond donors (Lipinski definition) is 2. The first-order valence-electron chi connectivity index (χ1n) is 7.43. The van der Waals surface area contributed by atoms with Crippen LogP contribution in [-0.4, -0.2) is 10.1 Å². The number of aryl methyl sites for hydroxylation is 1. The molecule has 0 saturated carbocycles. The molecule has 0 unspecified atom stereocenters. The molecule has 24 heavy (non-hydrogen) atoms. The number of nitrogens with zero attached hydrogens (tertiary/aromatic N) is 1. The lowest BCUT2D eigenvalue weighted by Crippen LogP contribution is -2.28. The number of anilines is 1. The molecule has 0 amide bonds. The van der Waals surface area contributed by atoms with Gasteiger partial charge >= 0.3 is 0 Å². The van der Waals surface area contributed by atoms with Crippen molar-refractivity contribution < 1.29 is 4.42 Å². The van der Waals surface area contributed by atoms with E-state index in [4.69, 9.17) is 28.2 Å². The molecule has 2 N–H and O–H groups in total. The molecular formula is C18H16ClN3OS. The molecule has 0 aliphatic rings. The molecule has 0 fully saturated rings. The van der Waals surface area contributed by atoms with Crippen molar-refractivity contribution >= 4 is 34.7 Å². The SMILES string of the molecule is Cc1cccc(NC(=S)NCc2ccc(-c3ccc(Cl)cc3)o2)n1. The second-order valence-corrected chi connectivity index (χ2v) is 6.09. The summed E-state index contributed by atoms with van der Waals surface area (Å²) in [7, 11) is 0. The molecule has 2 aromatic heterocycles. The van der Waals surface area contributed by atoms with Gasteiger partial charge in [-0.15, -0.1) is 0 Å². The Morgan fingerprint density at radius 2 is 1.92 bits per heavy atom. The Balaban J connectivity index is 1.57. The Bertz CT molecular complexity index is 845. The number of aromatic nitrogens is 1. The van der Waals surface area contributed by atoms with E-state index in [1.54, 1.807) is 0 Å². The molecule has 0 aliphatic heterocycles. The van der Waals surface area contributed by atoms with Gasteiger partial charge in [-0.1, -0.05) is 17.7 Å². The van der Waals surface area contributed by atoms with E-state index in [1.165, 1.54) is 0 Å². The maximum Gasteiger partial charge on any atom is 0.172 e. The van der Waals surface area contributed by atoms with E-state index in [-0.39, 0.29) is 0 Å². The molecule has 0 bridgehead atoms. The van der Waals surface area contributed by atoms with Crippen LogP contribution in [0.5, 0.6) is 0 Å². The summed E-state index contributed by atoms with van der Waals surface area (Å²) in [5, 5.41) is 7.36. The molecule has 0 aliphatic carbocycles. The summed E-state index contributed by atoms with van der Waals surface area (Å²) in [6.07, 6.45) is 0. The van der Waals surface area contributed by atoms with E-state index in [2.05, 4.69) is 15.6 Å². The van der Waals surface area contributed by atoms with Gasteiger partial charge in [0.15, 0.2) is 5.11 Å². The summed E-state index contributed by atoms with van der Waals surface area (Å²) in [5.74, 6) is 2.30. The lowest BCUT2D eigenvalue weighted by atomic mass is 10.2. The first-order valence-corrected chi connectivity index (χ1v) is 8.22. The zero-order valence-electron chi connectivity index (χ0n) is 13.0. The molecule has 0 spiro atoms. The van der Waals surface area contributed by atoms with Gasteiger partial charge in [-0.25, -0.2) is 4.98 Å². The number of furan rings is 1. The fraction of sp³-hybridized carbons (Fsp3) is 0.111. The van der Waals surface area contributed by atoms with Crippen molar-refractivity contribution in [3.8, 4) is 11.3 Å². The molecule has 3 rings (SSSR count). The average molecular weight is 358 g/mol. The zero-order valence-corrected chi connectivity index (χ0v) is 14.6. The molecule has 1 aromatic carbocycles. The first kappa shape index (κ1) is 16.5. The molecule has 122 valence electrons. The molecule has 0 atom stereocenters. The standard InChI is InChI=1S/C18H16ClN3OS/c1-12-3-2-4-17(21-12)22-18(24)20-11-15-9-10-16(23-15)13-5-7-14(19)8-6-13/h2-10H,11H2,1H3,(H2,20,21,22,24). The predicted molar refractivity (Wildman–Crippen MR) is 101 cm³/mol. The van der Waals surface area contributed by atoms with Crippen molar-refractivity contribution in [2.45, 2.75) is 13.5 Å². The molecule has 6 heteroatoms. The Labute approximate surface area is 150 Å². The summed E-state index contributed by atoms with van der Waals surface area (Å²) >= 11 is 11.2. The lowest BCUT2D eigenvalue weighted by Gasteiger charge is -2.09. The fourth-order valence-electron chi connectivity index (χ4n) is 2.18. The second kappa shape index (κ2) is 7.47. The molecule has 4 nitrogen and oxygen atoms in total. The first-order chi connectivity index (χ1) is 11.6. The molecule has 0 saturated heterocycles. The van der Waals surface area contributed by atoms with Crippen LogP contribution in [0.2, 0.25) is 5.02 Å². The van der Waals surface area contributed by atoms with Gasteiger partial charge in [0.2, 0.25) is 0 Å². The van der Waals surface area contributed by atoms with Crippen molar-refractivity contribution in [2.75, 3.05) is 5.32 Å². The number of hydrogen-bond acceptors (Lipinski definition) is 3. The fourth-order valence-corrected chi connectivity index (χ4v) is 2.49. The van der Waals surface area contributed by atoms with Gasteiger partial charge in [0.1, 0.15) is 17.3 Å². The minimum absolute atomic E-state index is 0.491. The van der Waals surface area contributed by atoms with Gasteiger partial charge in [-0.05, 0) is 67.7 Å². The third kappa shape index (κ3) is 4.34. The van der Waals surface area contributed by atoms with Crippen LogP contribution in [0.4, 0.5) is 5.82 Å². The maximum absolute atomic E-state index is 5.90. The van der Waals surface area contributed by atoms with Crippen molar-refractivity contribution in [1.82, 2.24) is 10.3 Å². The van der Waals surface area contributed by atoms with E-state index >= 15 is 0 Å². The summed E-state index contributed by atoms with van der Waals surface area (Å²) in [5.41, 5.74) is 1.91. The van der Waals surface area contributed by atoms with Crippen LogP contribution in [0.1, 0.15) is 11.5 Å². The lowest BCUT2D eigenvalue weighted by molar-refractivity contribution is 0.516. The summed E-state index contributed by atoms with van der Waals surface area (Å²) in [6, 6.07) is 17.1.